The summed E-state index contributed by atoms with van der Waals surface area (Å²) < 4.78 is 0. The smallest absolute Gasteiger partial charge is 0.231 e. The van der Waals surface area contributed by atoms with Gasteiger partial charge >= 0.3 is 0 Å². The molecule has 4 aromatic rings. The molecule has 2 aromatic carbocycles. The molecule has 0 atom stereocenters. The van der Waals surface area contributed by atoms with Crippen molar-refractivity contribution in [1.82, 2.24) is 19.9 Å². The quantitative estimate of drug-likeness (QED) is 0.545. The Labute approximate surface area is 157 Å². The summed E-state index contributed by atoms with van der Waals surface area (Å²) in [6.45, 7) is 6.19. The number of hydrogen-bond donors (Lipinski definition) is 2. The molecule has 27 heavy (non-hydrogen) atoms. The largest absolute Gasteiger partial charge is 0.338 e. The van der Waals surface area contributed by atoms with Crippen LogP contribution in [0.2, 0.25) is 0 Å². The number of anilines is 4. The van der Waals surface area contributed by atoms with Gasteiger partial charge < -0.3 is 10.6 Å². The van der Waals surface area contributed by atoms with Crippen LogP contribution in [0.4, 0.5) is 23.1 Å². The van der Waals surface area contributed by atoms with E-state index in [-0.39, 0.29) is 0 Å². The fourth-order valence-electron chi connectivity index (χ4n) is 2.96. The topological polar surface area (TPSA) is 75.6 Å². The third kappa shape index (κ3) is 3.84. The first kappa shape index (κ1) is 16.9. The van der Waals surface area contributed by atoms with Crippen LogP contribution in [0.1, 0.15) is 16.7 Å². The zero-order valence-electron chi connectivity index (χ0n) is 15.5. The van der Waals surface area contributed by atoms with E-state index in [9.17, 15) is 0 Å². The highest BCUT2D eigenvalue weighted by atomic mass is 15.2. The monoisotopic (exact) mass is 356 g/mol. The van der Waals surface area contributed by atoms with Crippen molar-refractivity contribution < 1.29 is 0 Å². The Balaban J connectivity index is 1.74. The van der Waals surface area contributed by atoms with Crippen molar-refractivity contribution in [3.05, 3.63) is 71.5 Å². The molecule has 0 fully saturated rings. The van der Waals surface area contributed by atoms with Crippen LogP contribution in [0.25, 0.3) is 11.2 Å². The zero-order valence-corrected chi connectivity index (χ0v) is 15.5. The van der Waals surface area contributed by atoms with Crippen LogP contribution >= 0.6 is 0 Å². The summed E-state index contributed by atoms with van der Waals surface area (Å²) in [7, 11) is 0. The molecule has 0 aliphatic heterocycles. The first-order valence-corrected chi connectivity index (χ1v) is 8.74. The van der Waals surface area contributed by atoms with Gasteiger partial charge in [-0.25, -0.2) is 9.97 Å². The lowest BCUT2D eigenvalue weighted by atomic mass is 10.1. The van der Waals surface area contributed by atoms with Gasteiger partial charge in [0.1, 0.15) is 0 Å². The van der Waals surface area contributed by atoms with Gasteiger partial charge in [0.25, 0.3) is 0 Å². The minimum atomic E-state index is 0.475. The lowest BCUT2D eigenvalue weighted by Gasteiger charge is -2.12. The molecule has 0 spiro atoms. The summed E-state index contributed by atoms with van der Waals surface area (Å²) in [5.41, 5.74) is 6.59. The third-order valence-corrected chi connectivity index (χ3v) is 4.12. The number of aryl methyl sites for hydroxylation is 3. The molecule has 2 N–H and O–H groups in total. The molecule has 6 heteroatoms. The molecule has 0 radical (unpaired) electrons. The van der Waals surface area contributed by atoms with Gasteiger partial charge in [0.05, 0.1) is 0 Å². The summed E-state index contributed by atoms with van der Waals surface area (Å²) >= 11 is 0. The Morgan fingerprint density at radius 3 is 2.11 bits per heavy atom. The van der Waals surface area contributed by atoms with E-state index in [0.29, 0.717) is 22.9 Å². The Hall–Kier alpha value is -3.54. The van der Waals surface area contributed by atoms with E-state index in [1.807, 2.05) is 24.3 Å². The second kappa shape index (κ2) is 6.99. The highest BCUT2D eigenvalue weighted by molar-refractivity contribution is 5.86. The normalized spacial score (nSPS) is 10.8. The molecule has 0 aliphatic carbocycles. The first-order chi connectivity index (χ1) is 13.1. The van der Waals surface area contributed by atoms with E-state index >= 15 is 0 Å². The van der Waals surface area contributed by atoms with Gasteiger partial charge in [0, 0.05) is 23.8 Å². The minimum absolute atomic E-state index is 0.475. The van der Waals surface area contributed by atoms with Gasteiger partial charge in [-0.3, -0.25) is 0 Å². The summed E-state index contributed by atoms with van der Waals surface area (Å²) in [5.74, 6) is 1.09. The van der Waals surface area contributed by atoms with Crippen LogP contribution in [0.3, 0.4) is 0 Å². The average molecular weight is 356 g/mol. The first-order valence-electron chi connectivity index (χ1n) is 8.74. The van der Waals surface area contributed by atoms with E-state index in [2.05, 4.69) is 69.5 Å². The molecule has 0 amide bonds. The zero-order chi connectivity index (χ0) is 18.8. The molecule has 0 aliphatic rings. The summed E-state index contributed by atoms with van der Waals surface area (Å²) in [6, 6.07) is 14.4. The Kier molecular flexibility index (Phi) is 4.38. The molecule has 0 saturated heterocycles. The number of nitrogens with one attached hydrogen (secondary N) is 2. The van der Waals surface area contributed by atoms with Crippen LogP contribution < -0.4 is 10.6 Å². The van der Waals surface area contributed by atoms with E-state index in [1.165, 1.54) is 16.7 Å². The number of hydrogen-bond acceptors (Lipinski definition) is 6. The number of fused-ring (bicyclic) bond motifs is 1. The van der Waals surface area contributed by atoms with E-state index in [1.54, 1.807) is 12.4 Å². The highest BCUT2D eigenvalue weighted by Gasteiger charge is 2.11. The molecule has 0 unspecified atom stereocenters. The van der Waals surface area contributed by atoms with Gasteiger partial charge in [0.2, 0.25) is 5.95 Å². The maximum Gasteiger partial charge on any atom is 0.231 e. The Bertz CT molecular complexity index is 1090. The molecule has 0 saturated carbocycles. The van der Waals surface area contributed by atoms with Crippen LogP contribution in [-0.2, 0) is 0 Å². The van der Waals surface area contributed by atoms with Crippen molar-refractivity contribution in [2.75, 3.05) is 10.6 Å². The lowest BCUT2D eigenvalue weighted by molar-refractivity contribution is 1.15. The number of benzene rings is 2. The predicted molar refractivity (Wildman–Crippen MR) is 109 cm³/mol. The fourth-order valence-corrected chi connectivity index (χ4v) is 2.96. The maximum atomic E-state index is 4.64. The number of aromatic nitrogens is 4. The van der Waals surface area contributed by atoms with Crippen molar-refractivity contribution in [2.24, 2.45) is 0 Å². The van der Waals surface area contributed by atoms with Crippen LogP contribution in [-0.4, -0.2) is 19.9 Å². The van der Waals surface area contributed by atoms with Crippen LogP contribution in [0.5, 0.6) is 0 Å². The molecule has 2 heterocycles. The Morgan fingerprint density at radius 1 is 0.667 bits per heavy atom. The van der Waals surface area contributed by atoms with E-state index < -0.39 is 0 Å². The van der Waals surface area contributed by atoms with Gasteiger partial charge in [-0.1, -0.05) is 23.8 Å². The van der Waals surface area contributed by atoms with Gasteiger partial charge in [0.15, 0.2) is 17.0 Å². The fraction of sp³-hybridized carbons (Fsp3) is 0.143. The van der Waals surface area contributed by atoms with Crippen LogP contribution in [0, 0.1) is 20.8 Å². The molecular formula is C21H20N6. The van der Waals surface area contributed by atoms with Crippen molar-refractivity contribution in [2.45, 2.75) is 20.8 Å². The summed E-state index contributed by atoms with van der Waals surface area (Å²) in [4.78, 5) is 17.9. The van der Waals surface area contributed by atoms with E-state index in [4.69, 9.17) is 0 Å². The number of nitrogens with zero attached hydrogens (tertiary/aromatic N) is 4. The summed E-state index contributed by atoms with van der Waals surface area (Å²) in [6.07, 6.45) is 3.27. The SMILES string of the molecule is Cc1ccc(Nc2nc(Nc3cc(C)cc(C)c3)nc3nccnc23)cc1. The molecule has 2 aromatic heterocycles. The summed E-state index contributed by atoms with van der Waals surface area (Å²) in [5, 5.41) is 6.61. The lowest BCUT2D eigenvalue weighted by Crippen LogP contribution is -2.04. The van der Waals surface area contributed by atoms with Gasteiger partial charge in [-0.15, -0.1) is 0 Å². The maximum absolute atomic E-state index is 4.64. The molecule has 0 bridgehead atoms. The van der Waals surface area contributed by atoms with Gasteiger partial charge in [-0.05, 0) is 56.2 Å². The molecule has 4 rings (SSSR count). The molecule has 134 valence electrons. The van der Waals surface area contributed by atoms with Gasteiger partial charge in [-0.2, -0.15) is 9.97 Å². The van der Waals surface area contributed by atoms with Crippen molar-refractivity contribution in [1.29, 1.82) is 0 Å². The Morgan fingerprint density at radius 2 is 1.37 bits per heavy atom. The molecular weight excluding hydrogens is 336 g/mol. The standard InChI is InChI=1S/C21H20N6/c1-13-4-6-16(7-5-13)24-20-18-19(23-9-8-22-18)26-21(27-20)25-17-11-14(2)10-15(3)12-17/h4-12H,1-3H3,(H2,23,24,25,26,27). The van der Waals surface area contributed by atoms with Crippen LogP contribution in [0.15, 0.2) is 54.9 Å². The number of rotatable bonds is 4. The highest BCUT2D eigenvalue weighted by Crippen LogP contribution is 2.24. The van der Waals surface area contributed by atoms with E-state index in [0.717, 1.165) is 11.4 Å². The average Bonchev–Trinajstić information content (AvgIpc) is 2.63. The minimum Gasteiger partial charge on any atom is -0.338 e. The second-order valence-corrected chi connectivity index (χ2v) is 6.62. The second-order valence-electron chi connectivity index (χ2n) is 6.62. The predicted octanol–water partition coefficient (Wildman–Crippen LogP) is 4.83. The van der Waals surface area contributed by atoms with Crippen molar-refractivity contribution in [3.8, 4) is 0 Å². The molecule has 6 nitrogen and oxygen atoms in total. The third-order valence-electron chi connectivity index (χ3n) is 4.12. The van der Waals surface area contributed by atoms with Crippen molar-refractivity contribution >= 4 is 34.3 Å². The van der Waals surface area contributed by atoms with Crippen molar-refractivity contribution in [3.63, 3.8) is 0 Å².